The van der Waals surface area contributed by atoms with Gasteiger partial charge in [0, 0.05) is 25.0 Å². The summed E-state index contributed by atoms with van der Waals surface area (Å²) < 4.78 is 0. The smallest absolute Gasteiger partial charge is 0.0500 e. The van der Waals surface area contributed by atoms with Crippen LogP contribution in [0.5, 0.6) is 0 Å². The van der Waals surface area contributed by atoms with Crippen molar-refractivity contribution in [1.82, 2.24) is 0 Å². The minimum absolute atomic E-state index is 0.00829. The summed E-state index contributed by atoms with van der Waals surface area (Å²) in [6.07, 6.45) is 2.56. The summed E-state index contributed by atoms with van der Waals surface area (Å²) in [6, 6.07) is 30.2. The fourth-order valence-electron chi connectivity index (χ4n) is 6.07. The summed E-state index contributed by atoms with van der Waals surface area (Å²) in [4.78, 5) is 0. The number of hydrogen-bond acceptors (Lipinski definition) is 2. The first kappa shape index (κ1) is 20.4. The van der Waals surface area contributed by atoms with Crippen molar-refractivity contribution in [1.29, 1.82) is 0 Å². The third kappa shape index (κ3) is 3.33. The number of aliphatic hydroxyl groups is 2. The zero-order valence-corrected chi connectivity index (χ0v) is 18.7. The Bertz CT molecular complexity index is 1230. The molecule has 6 rings (SSSR count). The molecule has 0 aromatic heterocycles. The second-order valence-electron chi connectivity index (χ2n) is 9.41. The van der Waals surface area contributed by atoms with E-state index in [-0.39, 0.29) is 25.0 Å². The van der Waals surface area contributed by atoms with Crippen LogP contribution in [0.15, 0.2) is 84.9 Å². The van der Waals surface area contributed by atoms with Crippen molar-refractivity contribution in [2.75, 3.05) is 13.2 Å². The molecular formula is C31H28O2. The van der Waals surface area contributed by atoms with Crippen LogP contribution < -0.4 is 0 Å². The molecule has 2 aliphatic carbocycles. The molecule has 2 aliphatic rings. The molecule has 2 N–H and O–H groups in total. The van der Waals surface area contributed by atoms with Gasteiger partial charge in [-0.05, 0) is 74.9 Å². The maximum absolute atomic E-state index is 10.5. The Hall–Kier alpha value is -3.20. The largest absolute Gasteiger partial charge is 0.396 e. The average molecular weight is 433 g/mol. The first-order valence-corrected chi connectivity index (χ1v) is 11.9. The van der Waals surface area contributed by atoms with Gasteiger partial charge in [0.15, 0.2) is 0 Å². The van der Waals surface area contributed by atoms with Gasteiger partial charge in [-0.3, -0.25) is 0 Å². The van der Waals surface area contributed by atoms with E-state index in [1.54, 1.807) is 0 Å². The average Bonchev–Trinajstić information content (AvgIpc) is 3.44. The van der Waals surface area contributed by atoms with Crippen molar-refractivity contribution in [2.24, 2.45) is 0 Å². The Morgan fingerprint density at radius 3 is 1.39 bits per heavy atom. The predicted molar refractivity (Wildman–Crippen MR) is 134 cm³/mol. The van der Waals surface area contributed by atoms with Gasteiger partial charge in [0.05, 0.1) is 0 Å². The summed E-state index contributed by atoms with van der Waals surface area (Å²) in [5.41, 5.74) is 13.0. The Morgan fingerprint density at radius 1 is 0.515 bits per heavy atom. The lowest BCUT2D eigenvalue weighted by atomic mass is 9.81. The monoisotopic (exact) mass is 432 g/mol. The van der Waals surface area contributed by atoms with E-state index in [0.717, 1.165) is 19.3 Å². The van der Waals surface area contributed by atoms with Crippen LogP contribution in [0.25, 0.3) is 22.3 Å². The topological polar surface area (TPSA) is 40.5 Å². The van der Waals surface area contributed by atoms with E-state index in [4.69, 9.17) is 0 Å². The van der Waals surface area contributed by atoms with Crippen molar-refractivity contribution >= 4 is 0 Å². The highest BCUT2D eigenvalue weighted by molar-refractivity contribution is 5.79. The number of rotatable bonds is 6. The molecule has 0 amide bonds. The summed E-state index contributed by atoms with van der Waals surface area (Å²) in [5.74, 6) is -0.0166. The predicted octanol–water partition coefficient (Wildman–Crippen LogP) is 6.07. The summed E-state index contributed by atoms with van der Waals surface area (Å²) >= 11 is 0. The molecule has 0 spiro atoms. The molecule has 0 bridgehead atoms. The zero-order valence-electron chi connectivity index (χ0n) is 18.7. The lowest BCUT2D eigenvalue weighted by Gasteiger charge is -2.25. The SMILES string of the molecule is OCC(CC(CO)c1cccc2c1Cc1ccccc1-2)c1cccc2c1Cc1ccccc1-2. The quantitative estimate of drug-likeness (QED) is 0.335. The molecule has 2 nitrogen and oxygen atoms in total. The van der Waals surface area contributed by atoms with Gasteiger partial charge in [0.2, 0.25) is 0 Å². The summed E-state index contributed by atoms with van der Waals surface area (Å²) in [5, 5.41) is 20.9. The van der Waals surface area contributed by atoms with E-state index in [9.17, 15) is 10.2 Å². The fraction of sp³-hybridized carbons (Fsp3) is 0.226. The standard InChI is InChI=1S/C31H28O2/c32-18-22(26-11-5-13-28-24-9-3-1-7-20(24)16-30(26)28)15-23(19-33)27-12-6-14-29-25-10-4-2-8-21(25)17-31(27)29/h1-14,22-23,32-33H,15-19H2. The number of aliphatic hydroxyl groups excluding tert-OH is 2. The van der Waals surface area contributed by atoms with Gasteiger partial charge in [-0.1, -0.05) is 84.9 Å². The van der Waals surface area contributed by atoms with Crippen LogP contribution in [0.1, 0.15) is 51.6 Å². The molecule has 0 saturated heterocycles. The second kappa shape index (κ2) is 8.30. The molecule has 2 atom stereocenters. The number of fused-ring (bicyclic) bond motifs is 6. The van der Waals surface area contributed by atoms with Gasteiger partial charge in [0.25, 0.3) is 0 Å². The molecular weight excluding hydrogens is 404 g/mol. The molecule has 0 heterocycles. The van der Waals surface area contributed by atoms with Crippen molar-refractivity contribution in [3.8, 4) is 22.3 Å². The third-order valence-corrected chi connectivity index (χ3v) is 7.66. The van der Waals surface area contributed by atoms with E-state index < -0.39 is 0 Å². The highest BCUT2D eigenvalue weighted by Crippen LogP contribution is 2.44. The second-order valence-corrected chi connectivity index (χ2v) is 9.41. The molecule has 2 unspecified atom stereocenters. The molecule has 0 aliphatic heterocycles. The van der Waals surface area contributed by atoms with Gasteiger partial charge in [-0.15, -0.1) is 0 Å². The van der Waals surface area contributed by atoms with Crippen LogP contribution in [0, 0.1) is 0 Å². The first-order chi connectivity index (χ1) is 16.3. The molecule has 0 saturated carbocycles. The molecule has 164 valence electrons. The van der Waals surface area contributed by atoms with Crippen LogP contribution >= 0.6 is 0 Å². The van der Waals surface area contributed by atoms with Crippen LogP contribution in [-0.4, -0.2) is 23.4 Å². The molecule has 0 radical (unpaired) electrons. The lowest BCUT2D eigenvalue weighted by Crippen LogP contribution is -2.15. The minimum Gasteiger partial charge on any atom is -0.396 e. The Labute approximate surface area is 195 Å². The first-order valence-electron chi connectivity index (χ1n) is 11.9. The van der Waals surface area contributed by atoms with Gasteiger partial charge in [0.1, 0.15) is 0 Å². The summed E-state index contributed by atoms with van der Waals surface area (Å²) in [6.45, 7) is 0.164. The highest BCUT2D eigenvalue weighted by Gasteiger charge is 2.29. The molecule has 2 heteroatoms. The third-order valence-electron chi connectivity index (χ3n) is 7.66. The Kier molecular flexibility index (Phi) is 5.13. The highest BCUT2D eigenvalue weighted by atomic mass is 16.3. The minimum atomic E-state index is -0.00829. The van der Waals surface area contributed by atoms with Crippen LogP contribution in [0.4, 0.5) is 0 Å². The van der Waals surface area contributed by atoms with Crippen molar-refractivity contribution in [3.05, 3.63) is 118 Å². The van der Waals surface area contributed by atoms with Crippen molar-refractivity contribution in [2.45, 2.75) is 31.1 Å². The molecule has 33 heavy (non-hydrogen) atoms. The van der Waals surface area contributed by atoms with Crippen LogP contribution in [0.3, 0.4) is 0 Å². The maximum atomic E-state index is 10.5. The van der Waals surface area contributed by atoms with Crippen LogP contribution in [0.2, 0.25) is 0 Å². The number of hydrogen-bond donors (Lipinski definition) is 2. The van der Waals surface area contributed by atoms with Crippen molar-refractivity contribution < 1.29 is 10.2 Å². The number of benzene rings is 4. The van der Waals surface area contributed by atoms with Gasteiger partial charge in [-0.2, -0.15) is 0 Å². The zero-order chi connectivity index (χ0) is 22.4. The Balaban J connectivity index is 1.35. The van der Waals surface area contributed by atoms with Gasteiger partial charge < -0.3 is 10.2 Å². The van der Waals surface area contributed by atoms with E-state index in [1.807, 2.05) is 0 Å². The molecule has 0 fully saturated rings. The van der Waals surface area contributed by atoms with E-state index in [2.05, 4.69) is 84.9 Å². The fourth-order valence-corrected chi connectivity index (χ4v) is 6.07. The van der Waals surface area contributed by atoms with E-state index >= 15 is 0 Å². The lowest BCUT2D eigenvalue weighted by molar-refractivity contribution is 0.219. The van der Waals surface area contributed by atoms with Gasteiger partial charge in [-0.25, -0.2) is 0 Å². The van der Waals surface area contributed by atoms with Crippen LogP contribution in [-0.2, 0) is 12.8 Å². The maximum Gasteiger partial charge on any atom is 0.0500 e. The van der Waals surface area contributed by atoms with Crippen molar-refractivity contribution in [3.63, 3.8) is 0 Å². The van der Waals surface area contributed by atoms with E-state index in [0.29, 0.717) is 0 Å². The van der Waals surface area contributed by atoms with Gasteiger partial charge >= 0.3 is 0 Å². The molecule has 4 aromatic rings. The summed E-state index contributed by atoms with van der Waals surface area (Å²) in [7, 11) is 0. The normalized spacial score (nSPS) is 14.8. The van der Waals surface area contributed by atoms with E-state index in [1.165, 1.54) is 55.6 Å². The Morgan fingerprint density at radius 2 is 0.939 bits per heavy atom. The molecule has 4 aromatic carbocycles.